The van der Waals surface area contributed by atoms with Crippen LogP contribution in [0.2, 0.25) is 10.3 Å². The minimum absolute atomic E-state index is 0.0207. The van der Waals surface area contributed by atoms with Gasteiger partial charge < -0.3 is 30.2 Å². The number of aryl methyl sites for hydroxylation is 2. The molecule has 4 heterocycles. The highest BCUT2D eigenvalue weighted by molar-refractivity contribution is 6.30. The summed E-state index contributed by atoms with van der Waals surface area (Å²) in [6, 6.07) is 14.4. The van der Waals surface area contributed by atoms with Gasteiger partial charge in [-0.1, -0.05) is 35.3 Å². The van der Waals surface area contributed by atoms with Crippen LogP contribution in [0.1, 0.15) is 27.9 Å². The summed E-state index contributed by atoms with van der Waals surface area (Å²) >= 11 is 11.7. The first kappa shape index (κ1) is 30.1. The van der Waals surface area contributed by atoms with Gasteiger partial charge in [-0.15, -0.1) is 20.4 Å². The number of nitrogens with zero attached hydrogens (tertiary/aromatic N) is 8. The fourth-order valence-electron chi connectivity index (χ4n) is 4.27. The van der Waals surface area contributed by atoms with Gasteiger partial charge in [-0.3, -0.25) is 4.79 Å². The number of para-hydroxylation sites is 2. The van der Waals surface area contributed by atoms with Crippen molar-refractivity contribution in [3.05, 3.63) is 82.9 Å². The van der Waals surface area contributed by atoms with Crippen molar-refractivity contribution in [3.8, 4) is 0 Å². The lowest BCUT2D eigenvalue weighted by Gasteiger charge is -2.11. The number of imidazole rings is 2. The Hall–Kier alpha value is -5.34. The molecule has 4 N–H and O–H groups in total. The van der Waals surface area contributed by atoms with Crippen molar-refractivity contribution >= 4 is 79.9 Å². The number of anilines is 4. The minimum atomic E-state index is -0.685. The van der Waals surface area contributed by atoms with Crippen LogP contribution in [-0.4, -0.2) is 58.0 Å². The molecule has 0 saturated carbocycles. The molecule has 0 spiro atoms. The number of nitrogens with two attached hydrogens (primary N) is 1. The molecule has 0 radical (unpaired) electrons. The molecular weight excluding hydrogens is 609 g/mol. The predicted octanol–water partition coefficient (Wildman–Crippen LogP) is 4.80. The molecule has 44 heavy (non-hydrogen) atoms. The lowest BCUT2D eigenvalue weighted by Crippen LogP contribution is -2.16. The molecule has 0 saturated heterocycles. The van der Waals surface area contributed by atoms with E-state index in [0.717, 1.165) is 33.4 Å². The largest absolute Gasteiger partial charge is 0.461 e. The number of halogens is 2. The third-order valence-corrected chi connectivity index (χ3v) is 6.65. The Morgan fingerprint density at radius 3 is 1.73 bits per heavy atom. The molecule has 16 heteroatoms. The van der Waals surface area contributed by atoms with Crippen molar-refractivity contribution in [1.29, 1.82) is 0 Å². The van der Waals surface area contributed by atoms with E-state index in [0.29, 0.717) is 11.4 Å². The third-order valence-electron chi connectivity index (χ3n) is 6.28. The molecule has 14 nitrogen and oxygen atoms in total. The summed E-state index contributed by atoms with van der Waals surface area (Å²) in [5.41, 5.74) is 11.1. The number of amides is 1. The minimum Gasteiger partial charge on any atom is -0.461 e. The number of benzene rings is 2. The van der Waals surface area contributed by atoms with Gasteiger partial charge in [-0.05, 0) is 31.2 Å². The van der Waals surface area contributed by atoms with Crippen LogP contribution >= 0.6 is 23.2 Å². The highest BCUT2D eigenvalue weighted by atomic mass is 35.5. The fraction of sp³-hybridized carbons (Fsp3) is 0.143. The van der Waals surface area contributed by atoms with Gasteiger partial charge in [0.25, 0.3) is 5.91 Å². The predicted molar refractivity (Wildman–Crippen MR) is 167 cm³/mol. The summed E-state index contributed by atoms with van der Waals surface area (Å²) in [5, 5.41) is 21.4. The van der Waals surface area contributed by atoms with E-state index in [1.807, 2.05) is 59.6 Å². The quantitative estimate of drug-likeness (QED) is 0.205. The smallest absolute Gasteiger partial charge is 0.361 e. The molecular formula is C28H25Cl2N11O3. The zero-order valence-electron chi connectivity index (χ0n) is 23.6. The summed E-state index contributed by atoms with van der Waals surface area (Å²) in [6.07, 6.45) is 3.43. The van der Waals surface area contributed by atoms with E-state index in [1.54, 1.807) is 19.6 Å². The number of hydrogen-bond donors (Lipinski definition) is 3. The van der Waals surface area contributed by atoms with Crippen molar-refractivity contribution in [2.24, 2.45) is 19.8 Å². The highest BCUT2D eigenvalue weighted by Gasteiger charge is 2.18. The maximum atomic E-state index is 12.0. The summed E-state index contributed by atoms with van der Waals surface area (Å²) in [5.74, 6) is -1.25. The lowest BCUT2D eigenvalue weighted by atomic mass is 10.2. The molecule has 0 fully saturated rings. The Morgan fingerprint density at radius 2 is 1.25 bits per heavy atom. The number of ether oxygens (including phenoxy) is 1. The van der Waals surface area contributed by atoms with Crippen molar-refractivity contribution < 1.29 is 14.3 Å². The molecule has 1 amide bonds. The monoisotopic (exact) mass is 633 g/mol. The summed E-state index contributed by atoms with van der Waals surface area (Å²) in [7, 11) is 3.81. The Kier molecular flexibility index (Phi) is 8.83. The van der Waals surface area contributed by atoms with Crippen molar-refractivity contribution in [3.63, 3.8) is 0 Å². The maximum Gasteiger partial charge on any atom is 0.361 e. The van der Waals surface area contributed by atoms with Gasteiger partial charge in [0.15, 0.2) is 21.7 Å². The van der Waals surface area contributed by atoms with E-state index in [9.17, 15) is 9.59 Å². The number of esters is 1. The number of carbonyl (C=O) groups is 2. The second kappa shape index (κ2) is 12.9. The zero-order valence-corrected chi connectivity index (χ0v) is 25.1. The molecule has 0 bridgehead atoms. The number of nitrogens with one attached hydrogen (secondary N) is 2. The van der Waals surface area contributed by atoms with E-state index in [4.69, 9.17) is 33.7 Å². The van der Waals surface area contributed by atoms with E-state index >= 15 is 0 Å². The van der Waals surface area contributed by atoms with Crippen LogP contribution in [-0.2, 0) is 18.8 Å². The third kappa shape index (κ3) is 6.35. The number of aromatic nitrogens is 8. The summed E-state index contributed by atoms with van der Waals surface area (Å²) < 4.78 is 8.80. The first-order valence-corrected chi connectivity index (χ1v) is 13.8. The first-order valence-electron chi connectivity index (χ1n) is 13.0. The van der Waals surface area contributed by atoms with Crippen molar-refractivity contribution in [2.75, 3.05) is 17.2 Å². The van der Waals surface area contributed by atoms with Crippen LogP contribution in [0.3, 0.4) is 0 Å². The SMILES string of the molecule is CCOC(=O)c1nnc(Cl)cc1Nc1cccc2c1ncn2C.Cn1cnc2c(Nc3cc(Cl)nnc3C(N)=O)cccc21. The normalized spacial score (nSPS) is 10.8. The molecule has 2 aromatic carbocycles. The highest BCUT2D eigenvalue weighted by Crippen LogP contribution is 2.29. The van der Waals surface area contributed by atoms with Gasteiger partial charge in [-0.25, -0.2) is 14.8 Å². The van der Waals surface area contributed by atoms with Gasteiger partial charge >= 0.3 is 5.97 Å². The average Bonchev–Trinajstić information content (AvgIpc) is 3.57. The van der Waals surface area contributed by atoms with Gasteiger partial charge in [0.1, 0.15) is 11.0 Å². The number of hydrogen-bond acceptors (Lipinski definition) is 11. The van der Waals surface area contributed by atoms with Crippen LogP contribution in [0.15, 0.2) is 61.2 Å². The number of fused-ring (bicyclic) bond motifs is 2. The summed E-state index contributed by atoms with van der Waals surface area (Å²) in [6.45, 7) is 1.97. The van der Waals surface area contributed by atoms with E-state index < -0.39 is 11.9 Å². The molecule has 224 valence electrons. The van der Waals surface area contributed by atoms with Crippen LogP contribution in [0, 0.1) is 0 Å². The molecule has 6 aromatic rings. The van der Waals surface area contributed by atoms with E-state index in [-0.39, 0.29) is 28.3 Å². The molecule has 0 unspecified atom stereocenters. The van der Waals surface area contributed by atoms with E-state index in [1.165, 1.54) is 12.1 Å². The molecule has 0 aliphatic carbocycles. The molecule has 0 aliphatic rings. The standard InChI is InChI=1S/C15H14ClN5O2.C13H11ClN6O/c1-3-23-15(22)14-10(7-12(16)19-20-14)18-9-5-4-6-11-13(9)17-8-21(11)2;1-20-6-16-11-7(3-2-4-9(11)20)17-8-5-10(14)18-19-12(8)13(15)21/h4-8H,3H2,1-2H3,(H,18,19);2-6H,1H3,(H2,15,21)(H,17,18). The Morgan fingerprint density at radius 1 is 0.773 bits per heavy atom. The Labute approximate surface area is 260 Å². The molecule has 4 aromatic heterocycles. The molecule has 0 atom stereocenters. The fourth-order valence-corrected chi connectivity index (χ4v) is 4.56. The Balaban J connectivity index is 0.000000175. The van der Waals surface area contributed by atoms with Crippen LogP contribution in [0.4, 0.5) is 22.7 Å². The van der Waals surface area contributed by atoms with Crippen LogP contribution < -0.4 is 16.4 Å². The van der Waals surface area contributed by atoms with Crippen LogP contribution in [0.25, 0.3) is 22.1 Å². The lowest BCUT2D eigenvalue weighted by molar-refractivity contribution is 0.0519. The van der Waals surface area contributed by atoms with Crippen molar-refractivity contribution in [2.45, 2.75) is 6.92 Å². The molecule has 6 rings (SSSR count). The maximum absolute atomic E-state index is 12.0. The van der Waals surface area contributed by atoms with Gasteiger partial charge in [0.05, 0.1) is 53.0 Å². The number of primary amides is 1. The number of carbonyl (C=O) groups excluding carboxylic acids is 2. The van der Waals surface area contributed by atoms with Crippen molar-refractivity contribution in [1.82, 2.24) is 39.5 Å². The molecule has 0 aliphatic heterocycles. The van der Waals surface area contributed by atoms with Gasteiger partial charge in [0.2, 0.25) is 0 Å². The van der Waals surface area contributed by atoms with Crippen LogP contribution in [0.5, 0.6) is 0 Å². The average molecular weight is 634 g/mol. The topological polar surface area (TPSA) is 181 Å². The zero-order chi connectivity index (χ0) is 31.4. The Bertz CT molecular complexity index is 2010. The second-order valence-corrected chi connectivity index (χ2v) is 10.0. The number of rotatable bonds is 7. The van der Waals surface area contributed by atoms with Gasteiger partial charge in [-0.2, -0.15) is 0 Å². The second-order valence-electron chi connectivity index (χ2n) is 9.25. The van der Waals surface area contributed by atoms with Gasteiger partial charge in [0, 0.05) is 26.2 Å². The summed E-state index contributed by atoms with van der Waals surface area (Å²) in [4.78, 5) is 32.1. The first-order chi connectivity index (χ1) is 21.2. The van der Waals surface area contributed by atoms with E-state index in [2.05, 4.69) is 41.0 Å².